The van der Waals surface area contributed by atoms with Crippen molar-refractivity contribution in [3.05, 3.63) is 33.0 Å². The molecule has 0 unspecified atom stereocenters. The maximum Gasteiger partial charge on any atom is 0.346 e. The van der Waals surface area contributed by atoms with Crippen LogP contribution in [0.4, 0.5) is 5.13 Å². The van der Waals surface area contributed by atoms with E-state index in [1.54, 1.807) is 4.57 Å². The number of rotatable bonds is 5. The Morgan fingerprint density at radius 3 is 2.88 bits per heavy atom. The molecule has 0 aromatic carbocycles. The summed E-state index contributed by atoms with van der Waals surface area (Å²) in [5.74, 6) is 0.295. The molecule has 0 atom stereocenters. The number of carbonyl (C=O) groups is 1. The molecule has 8 nitrogen and oxygen atoms in total. The van der Waals surface area contributed by atoms with Crippen molar-refractivity contribution in [2.45, 2.75) is 32.4 Å². The van der Waals surface area contributed by atoms with Gasteiger partial charge in [-0.2, -0.15) is 0 Å². The second-order valence-corrected chi connectivity index (χ2v) is 7.65. The van der Waals surface area contributed by atoms with Crippen molar-refractivity contribution in [2.24, 2.45) is 0 Å². The van der Waals surface area contributed by atoms with Crippen molar-refractivity contribution in [1.82, 2.24) is 24.5 Å². The molecule has 1 fully saturated rings. The Bertz CT molecular complexity index is 935. The normalized spacial score (nSPS) is 14.0. The van der Waals surface area contributed by atoms with Gasteiger partial charge in [-0.3, -0.25) is 14.7 Å². The number of hydrogen-bond donors (Lipinski definition) is 1. The van der Waals surface area contributed by atoms with E-state index >= 15 is 0 Å². The van der Waals surface area contributed by atoms with E-state index in [9.17, 15) is 9.59 Å². The fraction of sp³-hybridized carbons (Fsp3) is 0.357. The van der Waals surface area contributed by atoms with Gasteiger partial charge in [-0.25, -0.2) is 9.48 Å². The lowest BCUT2D eigenvalue weighted by Crippen LogP contribution is -2.30. The number of anilines is 1. The maximum atomic E-state index is 12.6. The average Bonchev–Trinajstić information content (AvgIpc) is 2.95. The minimum absolute atomic E-state index is 0.143. The van der Waals surface area contributed by atoms with Gasteiger partial charge in [-0.1, -0.05) is 17.4 Å². The molecule has 3 aromatic heterocycles. The van der Waals surface area contributed by atoms with Crippen LogP contribution in [0.3, 0.4) is 0 Å². The quantitative estimate of drug-likeness (QED) is 0.748. The van der Waals surface area contributed by atoms with Gasteiger partial charge >= 0.3 is 5.69 Å². The Kier molecular flexibility index (Phi) is 3.77. The van der Waals surface area contributed by atoms with Gasteiger partial charge in [0.05, 0.1) is 4.88 Å². The molecule has 0 radical (unpaired) electrons. The first-order chi connectivity index (χ1) is 11.6. The summed E-state index contributed by atoms with van der Waals surface area (Å²) in [5.41, 5.74) is -0.246. The fourth-order valence-corrected chi connectivity index (χ4v) is 3.71. The Morgan fingerprint density at radius 1 is 1.42 bits per heavy atom. The van der Waals surface area contributed by atoms with E-state index in [-0.39, 0.29) is 24.2 Å². The van der Waals surface area contributed by atoms with Crippen LogP contribution < -0.4 is 11.0 Å². The largest absolute Gasteiger partial charge is 0.346 e. The number of hydrogen-bond acceptors (Lipinski definition) is 7. The van der Waals surface area contributed by atoms with Gasteiger partial charge in [-0.05, 0) is 31.2 Å². The summed E-state index contributed by atoms with van der Waals surface area (Å²) < 4.78 is 2.92. The Hall–Kier alpha value is -2.33. The van der Waals surface area contributed by atoms with Crippen LogP contribution in [0.25, 0.3) is 10.7 Å². The predicted octanol–water partition coefficient (Wildman–Crippen LogP) is 1.91. The third kappa shape index (κ3) is 2.89. The summed E-state index contributed by atoms with van der Waals surface area (Å²) >= 11 is 2.82. The standard InChI is InChI=1S/C14H14N6O2S2/c1-8-16-17-13(24-8)15-11(21)7-19-14(22)20(9-4-5-9)12(18-19)10-3-2-6-23-10/h2-3,6,9H,4-5,7H2,1H3,(H,15,17,21). The van der Waals surface area contributed by atoms with Gasteiger partial charge in [-0.15, -0.1) is 26.6 Å². The molecule has 1 N–H and O–H groups in total. The van der Waals surface area contributed by atoms with E-state index in [2.05, 4.69) is 20.6 Å². The molecule has 1 aliphatic rings. The van der Waals surface area contributed by atoms with Gasteiger partial charge in [0.2, 0.25) is 11.0 Å². The van der Waals surface area contributed by atoms with Crippen LogP contribution >= 0.6 is 22.7 Å². The smallest absolute Gasteiger partial charge is 0.299 e. The highest BCUT2D eigenvalue weighted by Gasteiger charge is 2.31. The number of aryl methyl sites for hydroxylation is 1. The summed E-state index contributed by atoms with van der Waals surface area (Å²) in [4.78, 5) is 25.7. The van der Waals surface area contributed by atoms with Crippen LogP contribution in [0, 0.1) is 6.92 Å². The van der Waals surface area contributed by atoms with Gasteiger partial charge in [0.15, 0.2) is 5.82 Å². The maximum absolute atomic E-state index is 12.6. The topological polar surface area (TPSA) is 94.7 Å². The van der Waals surface area contributed by atoms with Crippen LogP contribution in [0.2, 0.25) is 0 Å². The molecule has 3 aromatic rings. The lowest BCUT2D eigenvalue weighted by Gasteiger charge is -2.00. The first-order valence-electron chi connectivity index (χ1n) is 7.45. The van der Waals surface area contributed by atoms with Crippen molar-refractivity contribution in [3.63, 3.8) is 0 Å². The van der Waals surface area contributed by atoms with E-state index < -0.39 is 0 Å². The van der Waals surface area contributed by atoms with Gasteiger partial charge in [0, 0.05) is 6.04 Å². The SMILES string of the molecule is Cc1nnc(NC(=O)Cn2nc(-c3cccs3)n(C3CC3)c2=O)s1. The lowest BCUT2D eigenvalue weighted by molar-refractivity contribution is -0.117. The molecular weight excluding hydrogens is 348 g/mol. The summed E-state index contributed by atoms with van der Waals surface area (Å²) in [6, 6.07) is 4.04. The zero-order valence-corrected chi connectivity index (χ0v) is 14.4. The molecule has 0 saturated heterocycles. The molecule has 124 valence electrons. The highest BCUT2D eigenvalue weighted by molar-refractivity contribution is 7.15. The molecule has 1 amide bonds. The number of carbonyl (C=O) groups excluding carboxylic acids is 1. The summed E-state index contributed by atoms with van der Waals surface area (Å²) in [6.07, 6.45) is 1.94. The molecule has 4 rings (SSSR count). The van der Waals surface area contributed by atoms with Crippen molar-refractivity contribution < 1.29 is 4.79 Å². The Labute approximate surface area is 144 Å². The van der Waals surface area contributed by atoms with Crippen LogP contribution in [-0.2, 0) is 11.3 Å². The van der Waals surface area contributed by atoms with Crippen molar-refractivity contribution in [3.8, 4) is 10.7 Å². The molecule has 1 saturated carbocycles. The number of nitrogens with zero attached hydrogens (tertiary/aromatic N) is 5. The monoisotopic (exact) mass is 362 g/mol. The second-order valence-electron chi connectivity index (χ2n) is 5.52. The van der Waals surface area contributed by atoms with Crippen molar-refractivity contribution >= 4 is 33.7 Å². The van der Waals surface area contributed by atoms with E-state index in [1.807, 2.05) is 24.4 Å². The molecule has 24 heavy (non-hydrogen) atoms. The molecule has 0 bridgehead atoms. The van der Waals surface area contributed by atoms with Gasteiger partial charge < -0.3 is 0 Å². The van der Waals surface area contributed by atoms with E-state index in [0.717, 1.165) is 22.7 Å². The second kappa shape index (κ2) is 5.95. The third-order valence-corrected chi connectivity index (χ3v) is 5.21. The average molecular weight is 362 g/mol. The number of thiophene rings is 1. The summed E-state index contributed by atoms with van der Waals surface area (Å²) in [5, 5.41) is 17.9. The molecule has 10 heteroatoms. The zero-order chi connectivity index (χ0) is 16.7. The minimum atomic E-state index is -0.341. The van der Waals surface area contributed by atoms with Gasteiger partial charge in [0.1, 0.15) is 11.6 Å². The molecule has 0 aliphatic heterocycles. The van der Waals surface area contributed by atoms with Crippen LogP contribution in [-0.4, -0.2) is 30.5 Å². The summed E-state index contributed by atoms with van der Waals surface area (Å²) in [6.45, 7) is 1.66. The Balaban J connectivity index is 1.60. The molecule has 0 spiro atoms. The number of aromatic nitrogens is 5. The minimum Gasteiger partial charge on any atom is -0.299 e. The van der Waals surface area contributed by atoms with E-state index in [0.29, 0.717) is 11.0 Å². The van der Waals surface area contributed by atoms with Crippen LogP contribution in [0.5, 0.6) is 0 Å². The highest BCUT2D eigenvalue weighted by atomic mass is 32.1. The zero-order valence-electron chi connectivity index (χ0n) is 12.8. The summed E-state index contributed by atoms with van der Waals surface area (Å²) in [7, 11) is 0. The first-order valence-corrected chi connectivity index (χ1v) is 9.14. The third-order valence-electron chi connectivity index (χ3n) is 3.59. The first kappa shape index (κ1) is 15.2. The van der Waals surface area contributed by atoms with Crippen molar-refractivity contribution in [1.29, 1.82) is 0 Å². The number of nitrogens with one attached hydrogen (secondary N) is 1. The van der Waals surface area contributed by atoms with Crippen molar-refractivity contribution in [2.75, 3.05) is 5.32 Å². The van der Waals surface area contributed by atoms with Crippen LogP contribution in [0.15, 0.2) is 22.3 Å². The fourth-order valence-electron chi connectivity index (χ4n) is 2.40. The highest BCUT2D eigenvalue weighted by Crippen LogP contribution is 2.37. The van der Waals surface area contributed by atoms with E-state index in [1.165, 1.54) is 27.4 Å². The molecular formula is C14H14N6O2S2. The number of amides is 1. The lowest BCUT2D eigenvalue weighted by atomic mass is 10.4. The van der Waals surface area contributed by atoms with Gasteiger partial charge in [0.25, 0.3) is 0 Å². The van der Waals surface area contributed by atoms with E-state index in [4.69, 9.17) is 0 Å². The predicted molar refractivity (Wildman–Crippen MR) is 91.3 cm³/mol. The molecule has 1 aliphatic carbocycles. The molecule has 3 heterocycles. The Morgan fingerprint density at radius 2 is 2.25 bits per heavy atom. The van der Waals surface area contributed by atoms with Crippen LogP contribution in [0.1, 0.15) is 23.9 Å².